The molecule has 8 heteroatoms. The number of rotatable bonds is 4. The molecule has 1 aromatic heterocycles. The van der Waals surface area contributed by atoms with Crippen molar-refractivity contribution in [3.05, 3.63) is 83.2 Å². The van der Waals surface area contributed by atoms with E-state index in [1.807, 2.05) is 30.3 Å². The van der Waals surface area contributed by atoms with Gasteiger partial charge in [0.15, 0.2) is 11.5 Å². The maximum absolute atomic E-state index is 13.2. The molecule has 3 aromatic rings. The number of nitrogens with zero attached hydrogens (tertiary/aromatic N) is 2. The lowest BCUT2D eigenvalue weighted by Gasteiger charge is -2.20. The Morgan fingerprint density at radius 1 is 0.933 bits per heavy atom. The van der Waals surface area contributed by atoms with Gasteiger partial charge in [-0.3, -0.25) is 4.98 Å². The van der Waals surface area contributed by atoms with Crippen molar-refractivity contribution in [3.63, 3.8) is 0 Å². The summed E-state index contributed by atoms with van der Waals surface area (Å²) in [5, 5.41) is 10.6. The molecule has 1 unspecified atom stereocenters. The van der Waals surface area contributed by atoms with Crippen molar-refractivity contribution in [2.45, 2.75) is 24.1 Å². The van der Waals surface area contributed by atoms with Crippen LogP contribution in [0.3, 0.4) is 0 Å². The van der Waals surface area contributed by atoms with Crippen LogP contribution in [0.5, 0.6) is 11.5 Å². The summed E-state index contributed by atoms with van der Waals surface area (Å²) in [4.78, 5) is 4.53. The zero-order valence-electron chi connectivity index (χ0n) is 16.1. The predicted molar refractivity (Wildman–Crippen MR) is 109 cm³/mol. The molecule has 0 bridgehead atoms. The number of aliphatic hydroxyl groups is 1. The van der Waals surface area contributed by atoms with Gasteiger partial charge in [-0.05, 0) is 34.9 Å². The molecule has 3 heterocycles. The van der Waals surface area contributed by atoms with Crippen molar-refractivity contribution >= 4 is 10.0 Å². The zero-order chi connectivity index (χ0) is 20.7. The summed E-state index contributed by atoms with van der Waals surface area (Å²) in [6, 6.07) is 15.7. The van der Waals surface area contributed by atoms with Gasteiger partial charge in [-0.1, -0.05) is 30.3 Å². The van der Waals surface area contributed by atoms with Gasteiger partial charge < -0.3 is 14.6 Å². The fourth-order valence-electron chi connectivity index (χ4n) is 3.73. The molecule has 0 saturated heterocycles. The third-order valence-electron chi connectivity index (χ3n) is 5.34. The van der Waals surface area contributed by atoms with E-state index in [1.165, 1.54) is 16.4 Å². The molecule has 7 nitrogen and oxygen atoms in total. The van der Waals surface area contributed by atoms with E-state index in [0.717, 1.165) is 16.7 Å². The Morgan fingerprint density at radius 3 is 2.47 bits per heavy atom. The maximum Gasteiger partial charge on any atom is 0.243 e. The van der Waals surface area contributed by atoms with Gasteiger partial charge in [-0.25, -0.2) is 8.42 Å². The number of pyridine rings is 1. The molecule has 2 aliphatic rings. The molecule has 1 N–H and O–H groups in total. The van der Waals surface area contributed by atoms with Crippen molar-refractivity contribution in [2.75, 3.05) is 13.2 Å². The Hall–Kier alpha value is -2.94. The first-order valence-electron chi connectivity index (χ1n) is 9.63. The van der Waals surface area contributed by atoms with Crippen LogP contribution in [0.25, 0.3) is 0 Å². The van der Waals surface area contributed by atoms with Crippen molar-refractivity contribution in [1.29, 1.82) is 0 Å². The molecule has 0 aliphatic carbocycles. The average molecular weight is 424 g/mol. The summed E-state index contributed by atoms with van der Waals surface area (Å²) in [6.45, 7) is 1.30. The van der Waals surface area contributed by atoms with Crippen LogP contribution in [-0.2, 0) is 23.1 Å². The van der Waals surface area contributed by atoms with Crippen LogP contribution in [0, 0.1) is 0 Å². The first-order valence-corrected chi connectivity index (χ1v) is 11.1. The molecular formula is C22H20N2O5S. The van der Waals surface area contributed by atoms with Crippen molar-refractivity contribution < 1.29 is 23.0 Å². The Labute approximate surface area is 174 Å². The number of benzene rings is 2. The normalized spacial score (nSPS) is 16.8. The number of aromatic nitrogens is 1. The molecule has 0 spiro atoms. The van der Waals surface area contributed by atoms with Crippen LogP contribution in [0.15, 0.2) is 65.7 Å². The van der Waals surface area contributed by atoms with Crippen LogP contribution in [-0.4, -0.2) is 36.0 Å². The number of hydrogen-bond donors (Lipinski definition) is 1. The minimum absolute atomic E-state index is 0.164. The smallest absolute Gasteiger partial charge is 0.243 e. The highest BCUT2D eigenvalue weighted by molar-refractivity contribution is 7.89. The lowest BCUT2D eigenvalue weighted by molar-refractivity contribution is 0.171. The second kappa shape index (κ2) is 7.39. The monoisotopic (exact) mass is 424 g/mol. The van der Waals surface area contributed by atoms with Gasteiger partial charge in [-0.15, -0.1) is 0 Å². The standard InChI is InChI=1S/C22H20N2O5S/c25-22(15-4-2-1-3-5-15)19-10-16-13-24(14-17(16)12-23-19)30(26,27)18-6-7-20-21(11-18)29-9-8-28-20/h1-7,10-12,22,25H,8-9,13-14H2. The Bertz CT molecular complexity index is 1200. The van der Waals surface area contributed by atoms with E-state index in [4.69, 9.17) is 9.47 Å². The predicted octanol–water partition coefficient (Wildman–Crippen LogP) is 2.64. The summed E-state index contributed by atoms with van der Waals surface area (Å²) in [5.41, 5.74) is 2.92. The second-order valence-electron chi connectivity index (χ2n) is 7.27. The first kappa shape index (κ1) is 19.0. The van der Waals surface area contributed by atoms with E-state index >= 15 is 0 Å². The van der Waals surface area contributed by atoms with Crippen LogP contribution in [0.1, 0.15) is 28.5 Å². The van der Waals surface area contributed by atoms with Crippen LogP contribution < -0.4 is 9.47 Å². The minimum Gasteiger partial charge on any atom is -0.486 e. The van der Waals surface area contributed by atoms with Gasteiger partial charge in [-0.2, -0.15) is 4.31 Å². The highest BCUT2D eigenvalue weighted by Crippen LogP contribution is 2.35. The number of aliphatic hydroxyl groups excluding tert-OH is 1. The third kappa shape index (κ3) is 3.32. The van der Waals surface area contributed by atoms with Crippen LogP contribution in [0.2, 0.25) is 0 Å². The Kier molecular flexibility index (Phi) is 4.69. The van der Waals surface area contributed by atoms with Crippen molar-refractivity contribution in [2.24, 2.45) is 0 Å². The maximum atomic E-state index is 13.2. The topological polar surface area (TPSA) is 89.0 Å². The molecule has 2 aromatic carbocycles. The van der Waals surface area contributed by atoms with E-state index < -0.39 is 16.1 Å². The molecule has 0 fully saturated rings. The highest BCUT2D eigenvalue weighted by atomic mass is 32.2. The SMILES string of the molecule is O=S(=O)(c1ccc2c(c1)OCCO2)N1Cc2cnc(C(O)c3ccccc3)cc2C1. The molecule has 0 radical (unpaired) electrons. The summed E-state index contributed by atoms with van der Waals surface area (Å²) < 4.78 is 38.8. The molecule has 2 aliphatic heterocycles. The van der Waals surface area contributed by atoms with Gasteiger partial charge in [0.1, 0.15) is 19.3 Å². The number of sulfonamides is 1. The number of ether oxygens (including phenoxy) is 2. The first-order chi connectivity index (χ1) is 14.5. The minimum atomic E-state index is -3.72. The highest BCUT2D eigenvalue weighted by Gasteiger charge is 2.32. The van der Waals surface area contributed by atoms with Crippen LogP contribution in [0.4, 0.5) is 0 Å². The molecule has 5 rings (SSSR count). The van der Waals surface area contributed by atoms with Gasteiger partial charge in [0, 0.05) is 25.4 Å². The molecule has 0 amide bonds. The van der Waals surface area contributed by atoms with E-state index in [9.17, 15) is 13.5 Å². The second-order valence-corrected chi connectivity index (χ2v) is 9.21. The quantitative estimate of drug-likeness (QED) is 0.693. The van der Waals surface area contributed by atoms with Gasteiger partial charge in [0.2, 0.25) is 10.0 Å². The van der Waals surface area contributed by atoms with E-state index in [-0.39, 0.29) is 18.0 Å². The van der Waals surface area contributed by atoms with E-state index in [2.05, 4.69) is 4.98 Å². The van der Waals surface area contributed by atoms with E-state index in [0.29, 0.717) is 30.4 Å². The summed E-state index contributed by atoms with van der Waals surface area (Å²) in [5.74, 6) is 0.989. The number of hydrogen-bond acceptors (Lipinski definition) is 6. The average Bonchev–Trinajstić information content (AvgIpc) is 3.23. The lowest BCUT2D eigenvalue weighted by Crippen LogP contribution is -2.26. The summed E-state index contributed by atoms with van der Waals surface area (Å²) in [6.07, 6.45) is 0.788. The number of fused-ring (bicyclic) bond motifs is 2. The molecule has 154 valence electrons. The molecular weight excluding hydrogens is 404 g/mol. The van der Waals surface area contributed by atoms with E-state index in [1.54, 1.807) is 18.3 Å². The fourth-order valence-corrected chi connectivity index (χ4v) is 5.14. The summed E-state index contributed by atoms with van der Waals surface area (Å²) in [7, 11) is -3.72. The van der Waals surface area contributed by atoms with Crippen LogP contribution >= 0.6 is 0 Å². The van der Waals surface area contributed by atoms with Crippen molar-refractivity contribution in [3.8, 4) is 11.5 Å². The molecule has 0 saturated carbocycles. The Morgan fingerprint density at radius 2 is 1.67 bits per heavy atom. The summed E-state index contributed by atoms with van der Waals surface area (Å²) >= 11 is 0. The third-order valence-corrected chi connectivity index (χ3v) is 7.13. The molecule has 1 atom stereocenters. The van der Waals surface area contributed by atoms with Gasteiger partial charge in [0.25, 0.3) is 0 Å². The van der Waals surface area contributed by atoms with Gasteiger partial charge >= 0.3 is 0 Å². The Balaban J connectivity index is 1.40. The zero-order valence-corrected chi connectivity index (χ0v) is 16.9. The largest absolute Gasteiger partial charge is 0.486 e. The van der Waals surface area contributed by atoms with Crippen molar-refractivity contribution in [1.82, 2.24) is 9.29 Å². The fraction of sp³-hybridized carbons (Fsp3) is 0.227. The molecule has 30 heavy (non-hydrogen) atoms. The van der Waals surface area contributed by atoms with Gasteiger partial charge in [0.05, 0.1) is 10.6 Å². The lowest BCUT2D eigenvalue weighted by atomic mass is 10.0.